The number of H-pyrrole nitrogens is 1. The highest BCUT2D eigenvalue weighted by Crippen LogP contribution is 2.29. The van der Waals surface area contributed by atoms with Crippen molar-refractivity contribution in [2.45, 2.75) is 32.9 Å². The predicted molar refractivity (Wildman–Crippen MR) is 115 cm³/mol. The Morgan fingerprint density at radius 1 is 1.21 bits per heavy atom. The van der Waals surface area contributed by atoms with Crippen LogP contribution in [0, 0.1) is 6.92 Å². The Morgan fingerprint density at radius 2 is 2.00 bits per heavy atom. The van der Waals surface area contributed by atoms with E-state index in [-0.39, 0.29) is 5.69 Å². The lowest BCUT2D eigenvalue weighted by atomic mass is 10.2. The summed E-state index contributed by atoms with van der Waals surface area (Å²) >= 11 is 1.81. The molecule has 4 heterocycles. The minimum Gasteiger partial charge on any atom is -0.382 e. The number of nitrogens with zero attached hydrogens (tertiary/aromatic N) is 3. The number of para-hydroxylation sites is 1. The van der Waals surface area contributed by atoms with Crippen LogP contribution in [-0.4, -0.2) is 32.5 Å². The van der Waals surface area contributed by atoms with Crippen molar-refractivity contribution in [3.05, 3.63) is 56.1 Å². The molecule has 0 radical (unpaired) electrons. The second-order valence-electron chi connectivity index (χ2n) is 7.56. The van der Waals surface area contributed by atoms with Crippen molar-refractivity contribution in [3.8, 4) is 0 Å². The zero-order chi connectivity index (χ0) is 19.3. The van der Waals surface area contributed by atoms with Gasteiger partial charge in [-0.15, -0.1) is 11.3 Å². The zero-order valence-electron chi connectivity index (χ0n) is 15.9. The molecule has 0 amide bonds. The van der Waals surface area contributed by atoms with E-state index in [1.165, 1.54) is 41.2 Å². The number of aryl methyl sites for hydroxylation is 1. The first-order chi connectivity index (χ1) is 13.6. The second kappa shape index (κ2) is 6.76. The molecule has 3 N–H and O–H groups in total. The lowest BCUT2D eigenvalue weighted by Crippen LogP contribution is -2.18. The van der Waals surface area contributed by atoms with Gasteiger partial charge in [-0.05, 0) is 50.6 Å². The topological polar surface area (TPSA) is 79.9 Å². The Bertz CT molecular complexity index is 1230. The van der Waals surface area contributed by atoms with E-state index >= 15 is 0 Å². The van der Waals surface area contributed by atoms with Gasteiger partial charge in [-0.3, -0.25) is 9.47 Å². The van der Waals surface area contributed by atoms with Crippen molar-refractivity contribution in [1.29, 1.82) is 0 Å². The van der Waals surface area contributed by atoms with E-state index in [2.05, 4.69) is 27.9 Å². The number of rotatable bonds is 4. The minimum atomic E-state index is -0.146. The predicted octanol–water partition coefficient (Wildman–Crippen LogP) is 3.47. The summed E-state index contributed by atoms with van der Waals surface area (Å²) in [5, 5.41) is 0.940. The summed E-state index contributed by atoms with van der Waals surface area (Å²) in [7, 11) is 0. The molecule has 0 saturated carbocycles. The zero-order valence-corrected chi connectivity index (χ0v) is 16.7. The highest BCUT2D eigenvalue weighted by molar-refractivity contribution is 7.12. The molecular formula is C21H23N5OS. The van der Waals surface area contributed by atoms with Gasteiger partial charge < -0.3 is 10.7 Å². The molecule has 0 unspecified atom stereocenters. The number of fused-ring (bicyclic) bond motifs is 3. The molecule has 1 aliphatic rings. The molecule has 0 bridgehead atoms. The van der Waals surface area contributed by atoms with Crippen molar-refractivity contribution >= 4 is 39.1 Å². The van der Waals surface area contributed by atoms with Gasteiger partial charge in [0.15, 0.2) is 0 Å². The molecule has 7 heteroatoms. The van der Waals surface area contributed by atoms with Gasteiger partial charge in [0.2, 0.25) is 0 Å². The number of likely N-dealkylation sites (tertiary alicyclic amines) is 1. The normalized spacial score (nSPS) is 15.2. The van der Waals surface area contributed by atoms with Crippen molar-refractivity contribution in [2.75, 3.05) is 18.8 Å². The number of hydrogen-bond donors (Lipinski definition) is 2. The summed E-state index contributed by atoms with van der Waals surface area (Å²) in [5.41, 5.74) is 9.54. The van der Waals surface area contributed by atoms with E-state index in [4.69, 9.17) is 5.73 Å². The number of aromatic nitrogens is 3. The number of pyridine rings is 1. The van der Waals surface area contributed by atoms with Gasteiger partial charge in [0.05, 0.1) is 17.6 Å². The molecular weight excluding hydrogens is 370 g/mol. The van der Waals surface area contributed by atoms with Crippen LogP contribution in [0.4, 0.5) is 5.82 Å². The standard InChI is InChI=1S/C21H23N5OS/c1-13-10-14(28-17(13)12-25-8-4-5-9-25)11-26-19-15-6-2-3-7-16(15)23-20(22)18(19)24-21(26)27/h2-3,6-7,10H,4-5,8-9,11-12H2,1H3,(H2,22,23)(H,24,27). The Labute approximate surface area is 166 Å². The third-order valence-electron chi connectivity index (χ3n) is 5.59. The largest absolute Gasteiger partial charge is 0.382 e. The van der Waals surface area contributed by atoms with Crippen LogP contribution in [0.5, 0.6) is 0 Å². The highest BCUT2D eigenvalue weighted by atomic mass is 32.1. The van der Waals surface area contributed by atoms with E-state index in [9.17, 15) is 4.79 Å². The van der Waals surface area contributed by atoms with Gasteiger partial charge in [0.1, 0.15) is 11.3 Å². The first kappa shape index (κ1) is 17.5. The molecule has 0 spiro atoms. The number of nitrogens with two attached hydrogens (primary N) is 1. The van der Waals surface area contributed by atoms with Crippen molar-refractivity contribution < 1.29 is 0 Å². The first-order valence-corrected chi connectivity index (χ1v) is 10.5. The van der Waals surface area contributed by atoms with Gasteiger partial charge in [-0.1, -0.05) is 18.2 Å². The molecule has 1 aromatic carbocycles. The first-order valence-electron chi connectivity index (χ1n) is 9.67. The van der Waals surface area contributed by atoms with Crippen molar-refractivity contribution in [3.63, 3.8) is 0 Å². The number of imidazole rings is 1. The second-order valence-corrected chi connectivity index (χ2v) is 8.78. The molecule has 3 aromatic heterocycles. The molecule has 144 valence electrons. The van der Waals surface area contributed by atoms with Crippen LogP contribution >= 0.6 is 11.3 Å². The van der Waals surface area contributed by atoms with E-state index in [0.29, 0.717) is 17.9 Å². The molecule has 28 heavy (non-hydrogen) atoms. The van der Waals surface area contributed by atoms with Gasteiger partial charge in [0, 0.05) is 21.7 Å². The lowest BCUT2D eigenvalue weighted by molar-refractivity contribution is 0.334. The van der Waals surface area contributed by atoms with Gasteiger partial charge in [-0.2, -0.15) is 0 Å². The van der Waals surface area contributed by atoms with E-state index in [1.807, 2.05) is 35.6 Å². The van der Waals surface area contributed by atoms with Crippen LogP contribution in [-0.2, 0) is 13.1 Å². The fraction of sp³-hybridized carbons (Fsp3) is 0.333. The van der Waals surface area contributed by atoms with Crippen LogP contribution in [0.15, 0.2) is 35.1 Å². The van der Waals surface area contributed by atoms with Crippen LogP contribution in [0.2, 0.25) is 0 Å². The maximum atomic E-state index is 12.7. The molecule has 1 saturated heterocycles. The summed E-state index contributed by atoms with van der Waals surface area (Å²) in [6, 6.07) is 10.0. The molecule has 1 fully saturated rings. The molecule has 0 aliphatic carbocycles. The monoisotopic (exact) mass is 393 g/mol. The number of nitrogen functional groups attached to an aromatic ring is 1. The van der Waals surface area contributed by atoms with Crippen LogP contribution in [0.1, 0.15) is 28.2 Å². The summed E-state index contributed by atoms with van der Waals surface area (Å²) < 4.78 is 1.79. The average molecular weight is 394 g/mol. The van der Waals surface area contributed by atoms with Gasteiger partial charge in [0.25, 0.3) is 0 Å². The highest BCUT2D eigenvalue weighted by Gasteiger charge is 2.18. The van der Waals surface area contributed by atoms with Gasteiger partial charge >= 0.3 is 5.69 Å². The number of nitrogens with one attached hydrogen (secondary N) is 1. The van der Waals surface area contributed by atoms with Crippen molar-refractivity contribution in [2.24, 2.45) is 0 Å². The lowest BCUT2D eigenvalue weighted by Gasteiger charge is -2.13. The summed E-state index contributed by atoms with van der Waals surface area (Å²) in [6.07, 6.45) is 2.59. The number of thiophene rings is 1. The molecule has 1 aliphatic heterocycles. The summed E-state index contributed by atoms with van der Waals surface area (Å²) in [4.78, 5) is 25.2. The number of aromatic amines is 1. The smallest absolute Gasteiger partial charge is 0.326 e. The Balaban J connectivity index is 1.57. The maximum absolute atomic E-state index is 12.7. The third kappa shape index (κ3) is 2.91. The third-order valence-corrected chi connectivity index (χ3v) is 6.80. The summed E-state index contributed by atoms with van der Waals surface area (Å²) in [6.45, 7) is 6.09. The average Bonchev–Trinajstić information content (AvgIpc) is 3.38. The van der Waals surface area contributed by atoms with E-state index < -0.39 is 0 Å². The fourth-order valence-electron chi connectivity index (χ4n) is 4.17. The van der Waals surface area contributed by atoms with Crippen LogP contribution in [0.3, 0.4) is 0 Å². The molecule has 5 rings (SSSR count). The van der Waals surface area contributed by atoms with Crippen LogP contribution < -0.4 is 11.4 Å². The van der Waals surface area contributed by atoms with Crippen LogP contribution in [0.25, 0.3) is 21.9 Å². The maximum Gasteiger partial charge on any atom is 0.326 e. The number of benzene rings is 1. The van der Waals surface area contributed by atoms with E-state index in [1.54, 1.807) is 4.57 Å². The minimum absolute atomic E-state index is 0.146. The van der Waals surface area contributed by atoms with Crippen molar-refractivity contribution in [1.82, 2.24) is 19.4 Å². The Hall–Kier alpha value is -2.64. The Morgan fingerprint density at radius 3 is 2.82 bits per heavy atom. The van der Waals surface area contributed by atoms with Gasteiger partial charge in [-0.25, -0.2) is 9.78 Å². The molecule has 4 aromatic rings. The quantitative estimate of drug-likeness (QED) is 0.556. The molecule has 0 atom stereocenters. The summed E-state index contributed by atoms with van der Waals surface area (Å²) in [5.74, 6) is 0.363. The molecule has 6 nitrogen and oxygen atoms in total. The fourth-order valence-corrected chi connectivity index (χ4v) is 5.38. The SMILES string of the molecule is Cc1cc(Cn2c(=O)[nH]c3c(N)nc4ccccc4c32)sc1CN1CCCC1. The number of hydrogen-bond acceptors (Lipinski definition) is 5. The van der Waals surface area contributed by atoms with E-state index in [0.717, 1.165) is 23.0 Å². The Kier molecular flexibility index (Phi) is 4.21. The number of anilines is 1.